The van der Waals surface area contributed by atoms with E-state index in [1.165, 1.54) is 0 Å². The molecule has 0 atom stereocenters. The van der Waals surface area contributed by atoms with Crippen LogP contribution in [0.5, 0.6) is 0 Å². The first-order valence-electron chi connectivity index (χ1n) is 8.11. The van der Waals surface area contributed by atoms with Crippen molar-refractivity contribution in [1.29, 1.82) is 0 Å². The summed E-state index contributed by atoms with van der Waals surface area (Å²) in [6.07, 6.45) is 3.49. The minimum absolute atomic E-state index is 0.0871. The van der Waals surface area contributed by atoms with Crippen molar-refractivity contribution in [2.45, 2.75) is 24.7 Å². The number of benzene rings is 1. The molecule has 128 valence electrons. The first-order valence-corrected chi connectivity index (χ1v) is 10.00. The fourth-order valence-corrected chi connectivity index (χ4v) is 3.62. The maximum Gasteiger partial charge on any atom is 0.246 e. The topological polar surface area (TPSA) is 76.1 Å². The molecule has 3 heterocycles. The largest absolute Gasteiger partial charge is 0.293 e. The van der Waals surface area contributed by atoms with Crippen molar-refractivity contribution in [3.63, 3.8) is 0 Å². The van der Waals surface area contributed by atoms with Crippen molar-refractivity contribution in [2.24, 2.45) is 0 Å². The summed E-state index contributed by atoms with van der Waals surface area (Å²) in [6.45, 7) is 2.27. The Morgan fingerprint density at radius 3 is 2.80 bits per heavy atom. The number of aromatic nitrogens is 3. The van der Waals surface area contributed by atoms with Crippen LogP contribution in [0.25, 0.3) is 10.9 Å². The number of para-hydroxylation sites is 1. The number of hydrogen-bond donors (Lipinski definition) is 0. The van der Waals surface area contributed by atoms with Crippen LogP contribution in [0, 0.1) is 0 Å². The molecule has 3 aromatic rings. The molecule has 0 fully saturated rings. The molecule has 25 heavy (non-hydrogen) atoms. The molecule has 0 saturated carbocycles. The highest BCUT2D eigenvalue weighted by molar-refractivity contribution is 7.90. The van der Waals surface area contributed by atoms with Gasteiger partial charge in [0, 0.05) is 49.5 Å². The van der Waals surface area contributed by atoms with E-state index >= 15 is 0 Å². The summed E-state index contributed by atoms with van der Waals surface area (Å²) in [5, 5.41) is 1.05. The Morgan fingerprint density at radius 1 is 1.12 bits per heavy atom. The highest BCUT2D eigenvalue weighted by atomic mass is 32.2. The van der Waals surface area contributed by atoms with Crippen LogP contribution in [0.4, 0.5) is 0 Å². The molecule has 6 nitrogen and oxygen atoms in total. The summed E-state index contributed by atoms with van der Waals surface area (Å²) in [6, 6.07) is 12.2. The van der Waals surface area contributed by atoms with Gasteiger partial charge in [0.1, 0.15) is 0 Å². The van der Waals surface area contributed by atoms with Gasteiger partial charge < -0.3 is 0 Å². The summed E-state index contributed by atoms with van der Waals surface area (Å²) in [5.74, 6) is 0. The predicted octanol–water partition coefficient (Wildman–Crippen LogP) is 1.99. The van der Waals surface area contributed by atoms with Crippen LogP contribution in [-0.4, -0.2) is 41.1 Å². The number of rotatable bonds is 3. The fraction of sp³-hybridized carbons (Fsp3) is 0.278. The fourth-order valence-electron chi connectivity index (χ4n) is 3.10. The third-order valence-corrected chi connectivity index (χ3v) is 5.22. The lowest BCUT2D eigenvalue weighted by Crippen LogP contribution is -2.31. The monoisotopic (exact) mass is 354 g/mol. The van der Waals surface area contributed by atoms with Crippen LogP contribution in [0.1, 0.15) is 17.0 Å². The molecule has 1 aromatic carbocycles. The number of fused-ring (bicyclic) bond motifs is 2. The summed E-state index contributed by atoms with van der Waals surface area (Å²) in [5.41, 5.74) is 3.84. The first-order chi connectivity index (χ1) is 12.0. The van der Waals surface area contributed by atoms with Crippen molar-refractivity contribution in [3.05, 3.63) is 59.5 Å². The molecular formula is C18H18N4O2S. The van der Waals surface area contributed by atoms with Gasteiger partial charge in [-0.2, -0.15) is 0 Å². The highest BCUT2D eigenvalue weighted by Gasteiger charge is 2.21. The lowest BCUT2D eigenvalue weighted by atomic mass is 10.1. The molecule has 0 N–H and O–H groups in total. The zero-order chi connectivity index (χ0) is 17.4. The normalized spacial score (nSPS) is 15.2. The van der Waals surface area contributed by atoms with E-state index in [-0.39, 0.29) is 5.16 Å². The third kappa shape index (κ3) is 3.38. The van der Waals surface area contributed by atoms with Gasteiger partial charge in [0.15, 0.2) is 0 Å². The van der Waals surface area contributed by atoms with Gasteiger partial charge in [-0.05, 0) is 12.1 Å². The molecule has 0 radical (unpaired) electrons. The second-order valence-corrected chi connectivity index (χ2v) is 8.26. The van der Waals surface area contributed by atoms with Gasteiger partial charge >= 0.3 is 0 Å². The molecular weight excluding hydrogens is 336 g/mol. The summed E-state index contributed by atoms with van der Waals surface area (Å²) in [4.78, 5) is 15.2. The molecule has 7 heteroatoms. The van der Waals surface area contributed by atoms with Gasteiger partial charge in [-0.3, -0.25) is 9.88 Å². The molecule has 0 bridgehead atoms. The number of pyridine rings is 1. The third-order valence-electron chi connectivity index (χ3n) is 4.36. The summed E-state index contributed by atoms with van der Waals surface area (Å²) >= 11 is 0. The quantitative estimate of drug-likeness (QED) is 0.670. The molecule has 0 aliphatic carbocycles. The second-order valence-electron chi connectivity index (χ2n) is 6.35. The zero-order valence-corrected chi connectivity index (χ0v) is 14.7. The van der Waals surface area contributed by atoms with Crippen molar-refractivity contribution >= 4 is 20.7 Å². The van der Waals surface area contributed by atoms with E-state index < -0.39 is 9.84 Å². The molecule has 1 aliphatic rings. The molecule has 0 unspecified atom stereocenters. The Morgan fingerprint density at radius 2 is 1.96 bits per heavy atom. The minimum Gasteiger partial charge on any atom is -0.293 e. The van der Waals surface area contributed by atoms with Crippen molar-refractivity contribution in [2.75, 3.05) is 12.8 Å². The lowest BCUT2D eigenvalue weighted by Gasteiger charge is -2.27. The summed E-state index contributed by atoms with van der Waals surface area (Å²) in [7, 11) is -3.37. The molecule has 1 aliphatic heterocycles. The van der Waals surface area contributed by atoms with Crippen LogP contribution < -0.4 is 0 Å². The number of sulfone groups is 1. The Labute approximate surface area is 146 Å². The number of nitrogens with zero attached hydrogens (tertiary/aromatic N) is 4. The predicted molar refractivity (Wildman–Crippen MR) is 94.7 cm³/mol. The van der Waals surface area contributed by atoms with Gasteiger partial charge in [0.2, 0.25) is 15.0 Å². The van der Waals surface area contributed by atoms with E-state index in [4.69, 9.17) is 4.98 Å². The number of hydrogen-bond acceptors (Lipinski definition) is 6. The maximum atomic E-state index is 11.6. The molecule has 0 spiro atoms. The Balaban J connectivity index is 1.54. The van der Waals surface area contributed by atoms with Crippen LogP contribution in [0.2, 0.25) is 0 Å². The Bertz CT molecular complexity index is 1050. The lowest BCUT2D eigenvalue weighted by molar-refractivity contribution is 0.239. The Hall–Kier alpha value is -2.38. The SMILES string of the molecule is CS(=O)(=O)c1ncc2c(n1)CCN(Cc1ccc3ccccc3n1)C2. The van der Waals surface area contributed by atoms with Gasteiger partial charge in [-0.1, -0.05) is 24.3 Å². The standard InChI is InChI=1S/C18H18N4O2S/c1-25(23,24)18-19-10-14-11-22(9-8-17(14)21-18)12-15-7-6-13-4-2-3-5-16(13)20-15/h2-7,10H,8-9,11-12H2,1H3. The molecule has 2 aromatic heterocycles. The van der Waals surface area contributed by atoms with E-state index in [1.807, 2.05) is 18.2 Å². The van der Waals surface area contributed by atoms with E-state index in [1.54, 1.807) is 6.20 Å². The molecule has 4 rings (SSSR count). The van der Waals surface area contributed by atoms with Crippen LogP contribution in [0.3, 0.4) is 0 Å². The zero-order valence-electron chi connectivity index (χ0n) is 13.9. The highest BCUT2D eigenvalue weighted by Crippen LogP contribution is 2.20. The maximum absolute atomic E-state index is 11.6. The molecule has 0 saturated heterocycles. The smallest absolute Gasteiger partial charge is 0.246 e. The van der Waals surface area contributed by atoms with Gasteiger partial charge in [-0.15, -0.1) is 0 Å². The van der Waals surface area contributed by atoms with Crippen LogP contribution in [-0.2, 0) is 29.3 Å². The van der Waals surface area contributed by atoms with Gasteiger partial charge in [0.25, 0.3) is 0 Å². The van der Waals surface area contributed by atoms with E-state index in [0.29, 0.717) is 13.0 Å². The molecule has 0 amide bonds. The van der Waals surface area contributed by atoms with Gasteiger partial charge in [-0.25, -0.2) is 18.4 Å². The van der Waals surface area contributed by atoms with Crippen molar-refractivity contribution < 1.29 is 8.42 Å². The van der Waals surface area contributed by atoms with Gasteiger partial charge in [0.05, 0.1) is 16.9 Å². The second kappa shape index (κ2) is 6.16. The Kier molecular flexibility index (Phi) is 3.97. The van der Waals surface area contributed by atoms with E-state index in [0.717, 1.165) is 47.2 Å². The van der Waals surface area contributed by atoms with Crippen LogP contribution in [0.15, 0.2) is 47.8 Å². The average molecular weight is 354 g/mol. The minimum atomic E-state index is -3.37. The average Bonchev–Trinajstić information content (AvgIpc) is 2.60. The van der Waals surface area contributed by atoms with Crippen LogP contribution >= 0.6 is 0 Å². The van der Waals surface area contributed by atoms with Crippen molar-refractivity contribution in [1.82, 2.24) is 19.9 Å². The van der Waals surface area contributed by atoms with E-state index in [2.05, 4.69) is 33.1 Å². The first kappa shape index (κ1) is 16.1. The summed E-state index contributed by atoms with van der Waals surface area (Å²) < 4.78 is 23.2. The van der Waals surface area contributed by atoms with Crippen molar-refractivity contribution in [3.8, 4) is 0 Å². The van der Waals surface area contributed by atoms with E-state index in [9.17, 15) is 8.42 Å².